The molecular weight excluding hydrogens is 276 g/mol. The highest BCUT2D eigenvalue weighted by atomic mass is 32.2. The van der Waals surface area contributed by atoms with Gasteiger partial charge < -0.3 is 9.47 Å². The Labute approximate surface area is 118 Å². The third kappa shape index (κ3) is 3.60. The summed E-state index contributed by atoms with van der Waals surface area (Å²) < 4.78 is 24.3. The van der Waals surface area contributed by atoms with Crippen LogP contribution >= 0.6 is 0 Å². The summed E-state index contributed by atoms with van der Waals surface area (Å²) >= 11 is 0. The zero-order valence-corrected chi connectivity index (χ0v) is 12.4. The van der Waals surface area contributed by atoms with E-state index < -0.39 is 15.6 Å². The second kappa shape index (κ2) is 5.66. The molecule has 0 atom stereocenters. The molecule has 20 heavy (non-hydrogen) atoms. The van der Waals surface area contributed by atoms with Crippen molar-refractivity contribution in [3.63, 3.8) is 0 Å². The maximum Gasteiger partial charge on any atom is 0.237 e. The van der Waals surface area contributed by atoms with Gasteiger partial charge in [0, 0.05) is 38.1 Å². The van der Waals surface area contributed by atoms with E-state index in [1.54, 1.807) is 7.05 Å². The molecule has 2 rings (SSSR count). The minimum atomic E-state index is -3.27. The lowest BCUT2D eigenvalue weighted by atomic mass is 10.2. The van der Waals surface area contributed by atoms with Crippen LogP contribution in [-0.4, -0.2) is 49.4 Å². The Morgan fingerprint density at radius 3 is 2.65 bits per heavy atom. The first-order valence-electron chi connectivity index (χ1n) is 6.32. The molecule has 0 aliphatic rings. The molecule has 0 saturated heterocycles. The van der Waals surface area contributed by atoms with Crippen LogP contribution in [-0.2, 0) is 21.2 Å². The molecule has 0 N–H and O–H groups in total. The van der Waals surface area contributed by atoms with E-state index in [4.69, 9.17) is 0 Å². The molecule has 108 valence electrons. The third-order valence-electron chi connectivity index (χ3n) is 3.17. The summed E-state index contributed by atoms with van der Waals surface area (Å²) in [5, 5.41) is 1.15. The molecule has 6 heteroatoms. The lowest BCUT2D eigenvalue weighted by Gasteiger charge is -2.17. The summed E-state index contributed by atoms with van der Waals surface area (Å²) in [6.07, 6.45) is 3.04. The molecule has 1 heterocycles. The van der Waals surface area contributed by atoms with Crippen molar-refractivity contribution in [3.05, 3.63) is 36.5 Å². The number of sulfone groups is 1. The Bertz CT molecular complexity index is 719. The molecule has 1 aromatic heterocycles. The summed E-state index contributed by atoms with van der Waals surface area (Å²) in [6, 6.07) is 10.0. The molecule has 0 bridgehead atoms. The van der Waals surface area contributed by atoms with Gasteiger partial charge in [0.25, 0.3) is 0 Å². The van der Waals surface area contributed by atoms with Gasteiger partial charge in [-0.25, -0.2) is 8.42 Å². The Balaban J connectivity index is 2.00. The van der Waals surface area contributed by atoms with Gasteiger partial charge in [-0.2, -0.15) is 0 Å². The van der Waals surface area contributed by atoms with Gasteiger partial charge in [-0.1, -0.05) is 18.2 Å². The molecular formula is C14H18N2O3S. The van der Waals surface area contributed by atoms with Gasteiger partial charge in [0.2, 0.25) is 5.91 Å². The predicted octanol–water partition coefficient (Wildman–Crippen LogP) is 1.14. The van der Waals surface area contributed by atoms with Gasteiger partial charge >= 0.3 is 0 Å². The minimum Gasteiger partial charge on any atom is -0.346 e. The highest BCUT2D eigenvalue weighted by molar-refractivity contribution is 7.91. The summed E-state index contributed by atoms with van der Waals surface area (Å²) in [5.74, 6) is -0.806. The quantitative estimate of drug-likeness (QED) is 0.831. The first-order valence-corrected chi connectivity index (χ1v) is 8.38. The molecule has 0 saturated carbocycles. The second-order valence-electron chi connectivity index (χ2n) is 4.95. The second-order valence-corrected chi connectivity index (χ2v) is 7.09. The van der Waals surface area contributed by atoms with Gasteiger partial charge in [0.05, 0.1) is 0 Å². The predicted molar refractivity (Wildman–Crippen MR) is 79.3 cm³/mol. The fourth-order valence-corrected chi connectivity index (χ4v) is 2.72. The Hall–Kier alpha value is -1.82. The Morgan fingerprint density at radius 2 is 1.95 bits per heavy atom. The van der Waals surface area contributed by atoms with Gasteiger partial charge in [0.15, 0.2) is 9.84 Å². The average molecular weight is 294 g/mol. The van der Waals surface area contributed by atoms with Crippen LogP contribution in [0, 0.1) is 0 Å². The number of hydrogen-bond acceptors (Lipinski definition) is 3. The lowest BCUT2D eigenvalue weighted by molar-refractivity contribution is -0.127. The van der Waals surface area contributed by atoms with E-state index in [-0.39, 0.29) is 5.91 Å². The van der Waals surface area contributed by atoms with E-state index in [0.717, 1.165) is 17.2 Å². The summed E-state index contributed by atoms with van der Waals surface area (Å²) in [6.45, 7) is 1.12. The molecule has 5 nitrogen and oxygen atoms in total. The lowest BCUT2D eigenvalue weighted by Crippen LogP contribution is -2.34. The average Bonchev–Trinajstić information content (AvgIpc) is 2.77. The van der Waals surface area contributed by atoms with Crippen molar-refractivity contribution in [1.82, 2.24) is 9.47 Å². The maximum atomic E-state index is 11.7. The van der Waals surface area contributed by atoms with Crippen LogP contribution in [0.4, 0.5) is 0 Å². The van der Waals surface area contributed by atoms with Gasteiger partial charge in [-0.05, 0) is 17.5 Å². The van der Waals surface area contributed by atoms with E-state index in [1.165, 1.54) is 4.90 Å². The summed E-state index contributed by atoms with van der Waals surface area (Å²) in [7, 11) is -1.65. The number of likely N-dealkylation sites (N-methyl/N-ethyl adjacent to an activating group) is 1. The first-order chi connectivity index (χ1) is 9.37. The molecule has 1 amide bonds. The van der Waals surface area contributed by atoms with Crippen LogP contribution in [0.25, 0.3) is 10.9 Å². The van der Waals surface area contributed by atoms with E-state index in [2.05, 4.69) is 4.57 Å². The zero-order valence-electron chi connectivity index (χ0n) is 11.6. The molecule has 0 unspecified atom stereocenters. The number of para-hydroxylation sites is 1. The minimum absolute atomic E-state index is 0.371. The van der Waals surface area contributed by atoms with Gasteiger partial charge in [-0.15, -0.1) is 0 Å². The van der Waals surface area contributed by atoms with Crippen molar-refractivity contribution in [2.24, 2.45) is 0 Å². The molecule has 2 aromatic rings. The molecule has 0 spiro atoms. The number of rotatable bonds is 5. The summed E-state index contributed by atoms with van der Waals surface area (Å²) in [4.78, 5) is 13.2. The van der Waals surface area contributed by atoms with Crippen molar-refractivity contribution in [2.75, 3.05) is 25.6 Å². The smallest absolute Gasteiger partial charge is 0.237 e. The molecule has 0 aliphatic carbocycles. The van der Waals surface area contributed by atoms with Gasteiger partial charge in [-0.3, -0.25) is 4.79 Å². The molecule has 0 radical (unpaired) electrons. The van der Waals surface area contributed by atoms with Crippen molar-refractivity contribution >= 4 is 26.6 Å². The van der Waals surface area contributed by atoms with Crippen LogP contribution in [0.5, 0.6) is 0 Å². The SMILES string of the molecule is CN(CCn1ccc2ccccc21)C(=O)CS(C)(=O)=O. The fraction of sp³-hybridized carbons (Fsp3) is 0.357. The number of carbonyl (C=O) groups excluding carboxylic acids is 1. The van der Waals surface area contributed by atoms with Crippen molar-refractivity contribution in [1.29, 1.82) is 0 Å². The van der Waals surface area contributed by atoms with Crippen LogP contribution in [0.15, 0.2) is 36.5 Å². The van der Waals surface area contributed by atoms with E-state index in [1.807, 2.05) is 36.5 Å². The highest BCUT2D eigenvalue weighted by Crippen LogP contribution is 2.14. The largest absolute Gasteiger partial charge is 0.346 e. The Kier molecular flexibility index (Phi) is 4.13. The zero-order chi connectivity index (χ0) is 14.8. The topological polar surface area (TPSA) is 59.4 Å². The summed E-state index contributed by atoms with van der Waals surface area (Å²) in [5.41, 5.74) is 1.11. The maximum absolute atomic E-state index is 11.7. The first kappa shape index (κ1) is 14.6. The number of aromatic nitrogens is 1. The third-order valence-corrected chi connectivity index (χ3v) is 3.94. The van der Waals surface area contributed by atoms with Crippen molar-refractivity contribution < 1.29 is 13.2 Å². The van der Waals surface area contributed by atoms with Crippen LogP contribution in [0.1, 0.15) is 0 Å². The monoisotopic (exact) mass is 294 g/mol. The van der Waals surface area contributed by atoms with Crippen molar-refractivity contribution in [2.45, 2.75) is 6.54 Å². The number of fused-ring (bicyclic) bond motifs is 1. The van der Waals surface area contributed by atoms with E-state index in [9.17, 15) is 13.2 Å². The van der Waals surface area contributed by atoms with Crippen molar-refractivity contribution in [3.8, 4) is 0 Å². The fourth-order valence-electron chi connectivity index (χ4n) is 2.05. The molecule has 1 aromatic carbocycles. The molecule has 0 aliphatic heterocycles. The number of amides is 1. The standard InChI is InChI=1S/C14H18N2O3S/c1-15(14(17)11-20(2,18)19)9-10-16-8-7-12-5-3-4-6-13(12)16/h3-8H,9-11H2,1-2H3. The number of benzene rings is 1. The molecule has 0 fully saturated rings. The van der Waals surface area contributed by atoms with Gasteiger partial charge in [0.1, 0.15) is 5.75 Å². The van der Waals surface area contributed by atoms with Crippen LogP contribution in [0.2, 0.25) is 0 Å². The number of carbonyl (C=O) groups is 1. The van der Waals surface area contributed by atoms with E-state index >= 15 is 0 Å². The normalized spacial score (nSPS) is 11.7. The Morgan fingerprint density at radius 1 is 1.25 bits per heavy atom. The van der Waals surface area contributed by atoms with E-state index in [0.29, 0.717) is 13.1 Å². The number of nitrogens with zero attached hydrogens (tertiary/aromatic N) is 2. The van der Waals surface area contributed by atoms with Crippen LogP contribution < -0.4 is 0 Å². The number of hydrogen-bond donors (Lipinski definition) is 0. The highest BCUT2D eigenvalue weighted by Gasteiger charge is 2.15. The van der Waals surface area contributed by atoms with Crippen LogP contribution in [0.3, 0.4) is 0 Å².